The number of aliphatic hydroxyl groups is 1. The van der Waals surface area contributed by atoms with Crippen molar-refractivity contribution in [3.8, 4) is 0 Å². The molecule has 1 radical (unpaired) electrons. The first kappa shape index (κ1) is 7.76. The molecule has 0 aliphatic rings. The van der Waals surface area contributed by atoms with E-state index in [0.29, 0.717) is 0 Å². The van der Waals surface area contributed by atoms with Crippen LogP contribution in [0.15, 0.2) is 5.38 Å². The molecular weight excluding hydrogens is 144 g/mol. The Bertz CT molecular complexity index is 225. The Balaban J connectivity index is 3.05. The van der Waals surface area contributed by atoms with Crippen molar-refractivity contribution < 1.29 is 5.11 Å². The molecule has 1 heterocycles. The molecule has 0 fully saturated rings. The molecule has 1 aromatic heterocycles. The van der Waals surface area contributed by atoms with Gasteiger partial charge in [-0.25, -0.2) is 0 Å². The highest BCUT2D eigenvalue weighted by molar-refractivity contribution is 7.10. The summed E-state index contributed by atoms with van der Waals surface area (Å²) in [5.41, 5.74) is 2.15. The van der Waals surface area contributed by atoms with Gasteiger partial charge in [0.25, 0.3) is 0 Å². The molecule has 0 bridgehead atoms. The molecule has 10 heavy (non-hydrogen) atoms. The van der Waals surface area contributed by atoms with Gasteiger partial charge in [0.05, 0.1) is 6.10 Å². The molecule has 0 spiro atoms. The van der Waals surface area contributed by atoms with Crippen LogP contribution in [0.1, 0.15) is 29.0 Å². The molecule has 1 unspecified atom stereocenters. The van der Waals surface area contributed by atoms with Crippen LogP contribution < -0.4 is 0 Å². The smallest absolute Gasteiger partial charge is 0.0856 e. The zero-order valence-corrected chi connectivity index (χ0v) is 7.03. The Morgan fingerprint density at radius 2 is 2.30 bits per heavy atom. The normalized spacial score (nSPS) is 13.6. The van der Waals surface area contributed by atoms with Crippen LogP contribution in [0.5, 0.6) is 0 Å². The summed E-state index contributed by atoms with van der Waals surface area (Å²) in [5, 5.41) is 11.2. The number of thiophene rings is 1. The van der Waals surface area contributed by atoms with Crippen molar-refractivity contribution in [3.63, 3.8) is 0 Å². The number of aliphatic hydroxyl groups excluding tert-OH is 1. The summed E-state index contributed by atoms with van der Waals surface area (Å²) >= 11 is 1.57. The standard InChI is InChI=1S/C8H11OS/c1-5-4-10-8(6(5)2)7(3)9/h4,7,9H,1H2,2-3H3. The summed E-state index contributed by atoms with van der Waals surface area (Å²) in [6.45, 7) is 7.59. The first-order valence-corrected chi connectivity index (χ1v) is 4.09. The van der Waals surface area contributed by atoms with Crippen LogP contribution in [-0.2, 0) is 0 Å². The second kappa shape index (κ2) is 2.72. The highest BCUT2D eigenvalue weighted by atomic mass is 32.1. The van der Waals surface area contributed by atoms with Gasteiger partial charge in [0, 0.05) is 4.88 Å². The first-order valence-electron chi connectivity index (χ1n) is 3.21. The lowest BCUT2D eigenvalue weighted by Crippen LogP contribution is -1.88. The Morgan fingerprint density at radius 3 is 2.50 bits per heavy atom. The van der Waals surface area contributed by atoms with Crippen LogP contribution in [-0.4, -0.2) is 5.11 Å². The molecule has 0 aliphatic heterocycles. The summed E-state index contributed by atoms with van der Waals surface area (Å²) < 4.78 is 0. The van der Waals surface area contributed by atoms with E-state index in [4.69, 9.17) is 0 Å². The van der Waals surface area contributed by atoms with Gasteiger partial charge in [-0.3, -0.25) is 0 Å². The lowest BCUT2D eigenvalue weighted by Gasteiger charge is -2.01. The van der Waals surface area contributed by atoms with E-state index in [1.165, 1.54) is 0 Å². The fraction of sp³-hybridized carbons (Fsp3) is 0.375. The summed E-state index contributed by atoms with van der Waals surface area (Å²) in [6, 6.07) is 0. The zero-order valence-electron chi connectivity index (χ0n) is 6.22. The highest BCUT2D eigenvalue weighted by Crippen LogP contribution is 2.26. The van der Waals surface area contributed by atoms with Crippen molar-refractivity contribution >= 4 is 11.3 Å². The van der Waals surface area contributed by atoms with Gasteiger partial charge in [0.2, 0.25) is 0 Å². The van der Waals surface area contributed by atoms with Gasteiger partial charge in [0.1, 0.15) is 0 Å². The van der Waals surface area contributed by atoms with E-state index in [1.54, 1.807) is 18.3 Å². The third-order valence-corrected chi connectivity index (χ3v) is 2.86. The maximum Gasteiger partial charge on any atom is 0.0856 e. The van der Waals surface area contributed by atoms with Crippen molar-refractivity contribution in [2.45, 2.75) is 20.0 Å². The van der Waals surface area contributed by atoms with Crippen molar-refractivity contribution in [1.82, 2.24) is 0 Å². The van der Waals surface area contributed by atoms with Crippen LogP contribution in [0.4, 0.5) is 0 Å². The Kier molecular flexibility index (Phi) is 2.11. The van der Waals surface area contributed by atoms with Crippen LogP contribution >= 0.6 is 11.3 Å². The van der Waals surface area contributed by atoms with E-state index in [1.807, 2.05) is 12.3 Å². The molecule has 1 N–H and O–H groups in total. The minimum atomic E-state index is -0.347. The van der Waals surface area contributed by atoms with Crippen molar-refractivity contribution in [1.29, 1.82) is 0 Å². The molecule has 1 nitrogen and oxygen atoms in total. The molecule has 1 rings (SSSR count). The molecule has 55 valence electrons. The van der Waals surface area contributed by atoms with Gasteiger partial charge >= 0.3 is 0 Å². The van der Waals surface area contributed by atoms with Gasteiger partial charge in [-0.05, 0) is 37.3 Å². The fourth-order valence-corrected chi connectivity index (χ4v) is 1.83. The summed E-state index contributed by atoms with van der Waals surface area (Å²) in [7, 11) is 0. The van der Waals surface area contributed by atoms with Crippen LogP contribution in [0, 0.1) is 13.8 Å². The van der Waals surface area contributed by atoms with Gasteiger partial charge in [-0.2, -0.15) is 0 Å². The van der Waals surface area contributed by atoms with E-state index < -0.39 is 0 Å². The van der Waals surface area contributed by atoms with Gasteiger partial charge in [-0.1, -0.05) is 0 Å². The Labute approximate surface area is 65.3 Å². The van der Waals surface area contributed by atoms with E-state index in [0.717, 1.165) is 16.0 Å². The van der Waals surface area contributed by atoms with Crippen molar-refractivity contribution in [2.75, 3.05) is 0 Å². The predicted octanol–water partition coefficient (Wildman–Crippen LogP) is 2.29. The molecule has 0 saturated heterocycles. The molecule has 1 atom stereocenters. The maximum atomic E-state index is 9.20. The largest absolute Gasteiger partial charge is 0.388 e. The predicted molar refractivity (Wildman–Crippen MR) is 44.1 cm³/mol. The zero-order chi connectivity index (χ0) is 7.72. The summed E-state index contributed by atoms with van der Waals surface area (Å²) in [5.74, 6) is 0. The summed E-state index contributed by atoms with van der Waals surface area (Å²) in [6.07, 6.45) is -0.347. The third-order valence-electron chi connectivity index (χ3n) is 1.56. The number of rotatable bonds is 1. The van der Waals surface area contributed by atoms with Crippen LogP contribution in [0.2, 0.25) is 0 Å². The third kappa shape index (κ3) is 1.22. The SMILES string of the molecule is [CH2]c1csc(C(C)O)c1C. The summed E-state index contributed by atoms with van der Waals surface area (Å²) in [4.78, 5) is 1.03. The quantitative estimate of drug-likeness (QED) is 0.659. The molecule has 1 aromatic rings. The van der Waals surface area contributed by atoms with Gasteiger partial charge < -0.3 is 5.11 Å². The minimum Gasteiger partial charge on any atom is -0.388 e. The topological polar surface area (TPSA) is 20.2 Å². The highest BCUT2D eigenvalue weighted by Gasteiger charge is 2.07. The fourth-order valence-electron chi connectivity index (χ4n) is 0.881. The number of hydrogen-bond donors (Lipinski definition) is 1. The van der Waals surface area contributed by atoms with E-state index in [2.05, 4.69) is 6.92 Å². The minimum absolute atomic E-state index is 0.347. The Morgan fingerprint density at radius 1 is 1.70 bits per heavy atom. The average Bonchev–Trinajstić information content (AvgIpc) is 2.14. The molecule has 0 aromatic carbocycles. The average molecular weight is 155 g/mol. The monoisotopic (exact) mass is 155 g/mol. The van der Waals surface area contributed by atoms with Crippen molar-refractivity contribution in [2.24, 2.45) is 0 Å². The maximum absolute atomic E-state index is 9.20. The van der Waals surface area contributed by atoms with Gasteiger partial charge in [0.15, 0.2) is 0 Å². The second-order valence-electron chi connectivity index (χ2n) is 2.43. The van der Waals surface area contributed by atoms with Gasteiger partial charge in [-0.15, -0.1) is 11.3 Å². The van der Waals surface area contributed by atoms with Crippen molar-refractivity contribution in [3.05, 3.63) is 28.3 Å². The number of hydrogen-bond acceptors (Lipinski definition) is 2. The van der Waals surface area contributed by atoms with E-state index in [9.17, 15) is 5.11 Å². The molecule has 0 aliphatic carbocycles. The Hall–Kier alpha value is -0.340. The first-order chi connectivity index (χ1) is 4.63. The lowest BCUT2D eigenvalue weighted by atomic mass is 10.1. The van der Waals surface area contributed by atoms with Crippen LogP contribution in [0.25, 0.3) is 0 Å². The second-order valence-corrected chi connectivity index (χ2v) is 3.34. The van der Waals surface area contributed by atoms with Crippen LogP contribution in [0.3, 0.4) is 0 Å². The lowest BCUT2D eigenvalue weighted by molar-refractivity contribution is 0.202. The van der Waals surface area contributed by atoms with E-state index >= 15 is 0 Å². The molecule has 0 saturated carbocycles. The van der Waals surface area contributed by atoms with E-state index in [-0.39, 0.29) is 6.10 Å². The molecular formula is C8H11OS. The molecule has 0 amide bonds. The molecule has 2 heteroatoms.